The van der Waals surface area contributed by atoms with Crippen LogP contribution in [0.4, 0.5) is 5.69 Å². The number of benzene rings is 3. The fourth-order valence-electron chi connectivity index (χ4n) is 4.59. The Morgan fingerprint density at radius 3 is 2.46 bits per heavy atom. The molecule has 4 aromatic rings. The number of thioether (sulfide) groups is 1. The third-order valence-corrected chi connectivity index (χ3v) is 8.27. The predicted octanol–water partition coefficient (Wildman–Crippen LogP) is 5.59. The number of fused-ring (bicyclic) bond motifs is 1. The summed E-state index contributed by atoms with van der Waals surface area (Å²) in [5.74, 6) is 1.22. The molecule has 0 fully saturated rings. The molecule has 0 saturated carbocycles. The number of anilines is 1. The number of halogens is 2. The molecule has 0 saturated heterocycles. The number of carbonyl (C=O) groups excluding carboxylic acids is 2. The highest BCUT2D eigenvalue weighted by Crippen LogP contribution is 2.31. The molecule has 1 aliphatic rings. The average molecular weight is 613 g/mol. The lowest BCUT2D eigenvalue weighted by atomic mass is 10.0. The number of aryl methyl sites for hydroxylation is 1. The average Bonchev–Trinajstić information content (AvgIpc) is 3.41. The minimum Gasteiger partial charge on any atom is -0.497 e. The van der Waals surface area contributed by atoms with Gasteiger partial charge in [0, 0.05) is 23.9 Å². The Bertz CT molecular complexity index is 1570. The van der Waals surface area contributed by atoms with Crippen LogP contribution in [0.25, 0.3) is 5.69 Å². The van der Waals surface area contributed by atoms with Crippen molar-refractivity contribution in [3.63, 3.8) is 0 Å². The van der Waals surface area contributed by atoms with Gasteiger partial charge in [0.15, 0.2) is 11.0 Å². The molecular weight excluding hydrogens is 585 g/mol. The van der Waals surface area contributed by atoms with Crippen molar-refractivity contribution in [1.29, 1.82) is 0 Å². The van der Waals surface area contributed by atoms with Crippen LogP contribution in [0.1, 0.15) is 28.2 Å². The molecule has 3 aromatic carbocycles. The quantitative estimate of drug-likeness (QED) is 0.246. The normalized spacial score (nSPS) is 12.5. The number of methoxy groups -OCH3 is 2. The maximum Gasteiger partial charge on any atom is 0.251 e. The molecule has 5 rings (SSSR count). The van der Waals surface area contributed by atoms with Gasteiger partial charge in [-0.05, 0) is 54.8 Å². The number of rotatable bonds is 9. The van der Waals surface area contributed by atoms with Crippen LogP contribution in [0.3, 0.4) is 0 Å². The Labute approximate surface area is 251 Å². The van der Waals surface area contributed by atoms with Crippen molar-refractivity contribution < 1.29 is 19.1 Å². The van der Waals surface area contributed by atoms with Crippen molar-refractivity contribution in [3.05, 3.63) is 87.7 Å². The number of nitrogens with one attached hydrogen (secondary N) is 1. The maximum absolute atomic E-state index is 13.3. The van der Waals surface area contributed by atoms with Crippen LogP contribution in [0.5, 0.6) is 11.5 Å². The van der Waals surface area contributed by atoms with E-state index < -0.39 is 0 Å². The lowest BCUT2D eigenvalue weighted by molar-refractivity contribution is -0.116. The van der Waals surface area contributed by atoms with Crippen LogP contribution in [0.2, 0.25) is 10.0 Å². The van der Waals surface area contributed by atoms with E-state index in [0.717, 1.165) is 18.5 Å². The lowest BCUT2D eigenvalue weighted by Crippen LogP contribution is -2.36. The van der Waals surface area contributed by atoms with E-state index in [1.54, 1.807) is 41.0 Å². The first kappa shape index (κ1) is 28.8. The Hall–Kier alpha value is -3.73. The Kier molecular flexibility index (Phi) is 9.02. The molecule has 212 valence electrons. The standard InChI is InChI=1S/C29H27Cl2N5O4S/c1-39-21-12-19(13-22(15-21)40-2)28(38)32-16-26-33-34-29(36(26)20-9-10-23(30)24(31)14-20)41-17-27(37)35-11-5-7-18-6-3-4-8-25(18)35/h3-4,6,8-10,12-15H,5,7,11,16-17H2,1-2H3,(H,32,38). The third kappa shape index (κ3) is 6.45. The van der Waals surface area contributed by atoms with Gasteiger partial charge in [0.05, 0.1) is 42.2 Å². The van der Waals surface area contributed by atoms with Gasteiger partial charge in [0.1, 0.15) is 11.5 Å². The topological polar surface area (TPSA) is 98.6 Å². The van der Waals surface area contributed by atoms with Crippen molar-refractivity contribution in [2.24, 2.45) is 0 Å². The highest BCUT2D eigenvalue weighted by Gasteiger charge is 2.24. The smallest absolute Gasteiger partial charge is 0.251 e. The summed E-state index contributed by atoms with van der Waals surface area (Å²) in [4.78, 5) is 28.1. The molecule has 0 unspecified atom stereocenters. The summed E-state index contributed by atoms with van der Waals surface area (Å²) in [6, 6.07) is 18.0. The second-order valence-corrected chi connectivity index (χ2v) is 10.9. The number of nitrogens with zero attached hydrogens (tertiary/aromatic N) is 4. The Morgan fingerprint density at radius 2 is 1.73 bits per heavy atom. The van der Waals surface area contributed by atoms with Crippen LogP contribution in [0.15, 0.2) is 65.8 Å². The highest BCUT2D eigenvalue weighted by molar-refractivity contribution is 7.99. The van der Waals surface area contributed by atoms with Gasteiger partial charge in [-0.25, -0.2) is 0 Å². The Morgan fingerprint density at radius 1 is 0.976 bits per heavy atom. The van der Waals surface area contributed by atoms with Crippen molar-refractivity contribution >= 4 is 52.5 Å². The summed E-state index contributed by atoms with van der Waals surface area (Å²) in [6.45, 7) is 0.724. The van der Waals surface area contributed by atoms with Gasteiger partial charge < -0.3 is 19.7 Å². The van der Waals surface area contributed by atoms with Crippen LogP contribution in [-0.4, -0.2) is 53.1 Å². The van der Waals surface area contributed by atoms with E-state index in [2.05, 4.69) is 21.6 Å². The SMILES string of the molecule is COc1cc(OC)cc(C(=O)NCc2nnc(SCC(=O)N3CCCc4ccccc43)n2-c2ccc(Cl)c(Cl)c2)c1. The first-order valence-corrected chi connectivity index (χ1v) is 14.5. The summed E-state index contributed by atoms with van der Waals surface area (Å²) in [5, 5.41) is 12.8. The van der Waals surface area contributed by atoms with Gasteiger partial charge in [-0.15, -0.1) is 10.2 Å². The van der Waals surface area contributed by atoms with Crippen LogP contribution < -0.4 is 19.7 Å². The largest absolute Gasteiger partial charge is 0.497 e. The van der Waals surface area contributed by atoms with Gasteiger partial charge in [0.2, 0.25) is 5.91 Å². The fraction of sp³-hybridized carbons (Fsp3) is 0.241. The number of aromatic nitrogens is 3. The monoisotopic (exact) mass is 611 g/mol. The number of hydrogen-bond donors (Lipinski definition) is 1. The summed E-state index contributed by atoms with van der Waals surface area (Å²) < 4.78 is 12.3. The minimum atomic E-state index is -0.348. The molecule has 0 bridgehead atoms. The lowest BCUT2D eigenvalue weighted by Gasteiger charge is -2.29. The molecule has 12 heteroatoms. The second-order valence-electron chi connectivity index (χ2n) is 9.18. The molecule has 2 amide bonds. The molecule has 1 N–H and O–H groups in total. The van der Waals surface area contributed by atoms with Gasteiger partial charge >= 0.3 is 0 Å². The number of hydrogen-bond acceptors (Lipinski definition) is 7. The zero-order valence-corrected chi connectivity index (χ0v) is 24.7. The van der Waals surface area contributed by atoms with Crippen molar-refractivity contribution in [3.8, 4) is 17.2 Å². The van der Waals surface area contributed by atoms with Gasteiger partial charge in [-0.1, -0.05) is 53.2 Å². The summed E-state index contributed by atoms with van der Waals surface area (Å²) in [7, 11) is 3.04. The van der Waals surface area contributed by atoms with E-state index in [0.29, 0.717) is 50.3 Å². The fourth-order valence-corrected chi connectivity index (χ4v) is 5.73. The van der Waals surface area contributed by atoms with Gasteiger partial charge in [-0.2, -0.15) is 0 Å². The van der Waals surface area contributed by atoms with E-state index in [9.17, 15) is 9.59 Å². The first-order chi connectivity index (χ1) is 19.9. The van der Waals surface area contributed by atoms with Crippen molar-refractivity contribution in [2.45, 2.75) is 24.5 Å². The maximum atomic E-state index is 13.3. The summed E-state index contributed by atoms with van der Waals surface area (Å²) in [6.07, 6.45) is 1.87. The molecule has 0 spiro atoms. The molecule has 9 nitrogen and oxygen atoms in total. The molecule has 0 radical (unpaired) electrons. The van der Waals surface area contributed by atoms with E-state index in [1.165, 1.54) is 31.5 Å². The van der Waals surface area contributed by atoms with E-state index in [1.807, 2.05) is 23.1 Å². The zero-order chi connectivity index (χ0) is 28.9. The van der Waals surface area contributed by atoms with Crippen LogP contribution in [0, 0.1) is 0 Å². The second kappa shape index (κ2) is 12.8. The zero-order valence-electron chi connectivity index (χ0n) is 22.4. The van der Waals surface area contributed by atoms with E-state index >= 15 is 0 Å². The highest BCUT2D eigenvalue weighted by atomic mass is 35.5. The van der Waals surface area contributed by atoms with E-state index in [-0.39, 0.29) is 24.1 Å². The molecule has 2 heterocycles. The Balaban J connectivity index is 1.37. The van der Waals surface area contributed by atoms with Gasteiger partial charge in [-0.3, -0.25) is 14.2 Å². The number of ether oxygens (including phenoxy) is 2. The number of carbonyl (C=O) groups is 2. The number of amides is 2. The van der Waals surface area contributed by atoms with Crippen LogP contribution >= 0.6 is 35.0 Å². The summed E-state index contributed by atoms with van der Waals surface area (Å²) >= 11 is 13.8. The van der Waals surface area contributed by atoms with E-state index in [4.69, 9.17) is 32.7 Å². The van der Waals surface area contributed by atoms with Crippen molar-refractivity contribution in [1.82, 2.24) is 20.1 Å². The molecule has 0 aliphatic carbocycles. The molecule has 0 atom stereocenters. The predicted molar refractivity (Wildman–Crippen MR) is 160 cm³/mol. The van der Waals surface area contributed by atoms with Gasteiger partial charge in [0.25, 0.3) is 5.91 Å². The molecular formula is C29H27Cl2N5O4S. The molecule has 41 heavy (non-hydrogen) atoms. The minimum absolute atomic E-state index is 0.0207. The first-order valence-electron chi connectivity index (χ1n) is 12.8. The molecule has 1 aromatic heterocycles. The molecule has 1 aliphatic heterocycles. The van der Waals surface area contributed by atoms with Crippen molar-refractivity contribution in [2.75, 3.05) is 31.4 Å². The van der Waals surface area contributed by atoms with Crippen LogP contribution in [-0.2, 0) is 17.8 Å². The number of para-hydroxylation sites is 1. The third-order valence-electron chi connectivity index (χ3n) is 6.62. The summed E-state index contributed by atoms with van der Waals surface area (Å²) in [5.41, 5.74) is 3.13.